The Balaban J connectivity index is 2.05. The molecule has 0 amide bonds. The van der Waals surface area contributed by atoms with Gasteiger partial charge in [-0.1, -0.05) is 0 Å². The minimum Gasteiger partial charge on any atom is -0.311 e. The van der Waals surface area contributed by atoms with Crippen LogP contribution >= 0.6 is 23.6 Å². The zero-order valence-electron chi connectivity index (χ0n) is 8.87. The lowest BCUT2D eigenvalue weighted by Gasteiger charge is -2.23. The second-order valence-electron chi connectivity index (χ2n) is 4.42. The Morgan fingerprint density at radius 3 is 2.53 bits per heavy atom. The van der Waals surface area contributed by atoms with Gasteiger partial charge in [-0.3, -0.25) is 0 Å². The Morgan fingerprint density at radius 1 is 1.00 bits per heavy atom. The van der Waals surface area contributed by atoms with E-state index in [-0.39, 0.29) is 0 Å². The molecule has 15 heavy (non-hydrogen) atoms. The van der Waals surface area contributed by atoms with Crippen molar-refractivity contribution in [3.05, 3.63) is 14.5 Å². The van der Waals surface area contributed by atoms with E-state index in [4.69, 9.17) is 12.2 Å². The number of aryl methyl sites for hydroxylation is 1. The van der Waals surface area contributed by atoms with Gasteiger partial charge in [0.25, 0.3) is 0 Å². The molecule has 1 aromatic rings. The summed E-state index contributed by atoms with van der Waals surface area (Å²) in [6.07, 6.45) is 7.83. The smallest absolute Gasteiger partial charge is 0.180 e. The Morgan fingerprint density at radius 2 is 1.73 bits per heavy atom. The zero-order chi connectivity index (χ0) is 10.3. The monoisotopic (exact) mass is 240 g/mol. The summed E-state index contributed by atoms with van der Waals surface area (Å²) in [5.41, 5.74) is 1.53. The lowest BCUT2D eigenvalue weighted by Crippen LogP contribution is -2.33. The quantitative estimate of drug-likeness (QED) is 0.698. The lowest BCUT2D eigenvalue weighted by atomic mass is 10.0. The average molecular weight is 240 g/mol. The molecule has 1 saturated heterocycles. The molecular formula is C11H16N2S2. The van der Waals surface area contributed by atoms with E-state index in [0.29, 0.717) is 0 Å². The van der Waals surface area contributed by atoms with Gasteiger partial charge in [0.1, 0.15) is 0 Å². The van der Waals surface area contributed by atoms with Crippen LogP contribution in [-0.2, 0) is 12.8 Å². The Hall–Kier alpha value is -0.350. The number of fused-ring (bicyclic) bond motifs is 1. The minimum absolute atomic E-state index is 1.07. The van der Waals surface area contributed by atoms with Gasteiger partial charge in [0.2, 0.25) is 0 Å². The molecule has 2 heterocycles. The molecule has 2 aliphatic rings. The molecule has 82 valence electrons. The summed E-state index contributed by atoms with van der Waals surface area (Å²) in [7, 11) is 0. The summed E-state index contributed by atoms with van der Waals surface area (Å²) in [6, 6.07) is 0. The third-order valence-electron chi connectivity index (χ3n) is 3.39. The van der Waals surface area contributed by atoms with Gasteiger partial charge in [0, 0.05) is 18.0 Å². The van der Waals surface area contributed by atoms with E-state index in [1.165, 1.54) is 57.3 Å². The molecule has 0 unspecified atom stereocenters. The van der Waals surface area contributed by atoms with Crippen molar-refractivity contribution in [1.29, 1.82) is 0 Å². The molecule has 3 rings (SSSR count). The number of aromatic nitrogens is 1. The van der Waals surface area contributed by atoms with Crippen molar-refractivity contribution in [2.75, 3.05) is 18.1 Å². The summed E-state index contributed by atoms with van der Waals surface area (Å²) in [4.78, 5) is 1.55. The van der Waals surface area contributed by atoms with Crippen molar-refractivity contribution in [3.63, 3.8) is 0 Å². The van der Waals surface area contributed by atoms with Crippen LogP contribution in [0, 0.1) is 3.95 Å². The fourth-order valence-electron chi connectivity index (χ4n) is 2.64. The summed E-state index contributed by atoms with van der Waals surface area (Å²) >= 11 is 7.34. The first-order valence-electron chi connectivity index (χ1n) is 5.85. The molecular weight excluding hydrogens is 224 g/mol. The van der Waals surface area contributed by atoms with Crippen LogP contribution in [-0.4, -0.2) is 17.8 Å². The molecule has 1 aliphatic heterocycles. The van der Waals surface area contributed by atoms with Gasteiger partial charge in [-0.05, 0) is 50.7 Å². The second-order valence-corrected chi connectivity index (χ2v) is 6.15. The highest BCUT2D eigenvalue weighted by molar-refractivity contribution is 7.73. The summed E-state index contributed by atoms with van der Waals surface area (Å²) in [5, 5.41) is 2.45. The Labute approximate surface area is 99.5 Å². The van der Waals surface area contributed by atoms with E-state index in [9.17, 15) is 0 Å². The molecule has 1 fully saturated rings. The molecule has 0 aromatic carbocycles. The maximum Gasteiger partial charge on any atom is 0.180 e. The third kappa shape index (κ3) is 1.64. The first-order chi connectivity index (χ1) is 7.36. The third-order valence-corrected chi connectivity index (χ3v) is 4.85. The van der Waals surface area contributed by atoms with Gasteiger partial charge in [-0.25, -0.2) is 4.68 Å². The van der Waals surface area contributed by atoms with Crippen molar-refractivity contribution in [3.8, 4) is 0 Å². The minimum atomic E-state index is 1.07. The summed E-state index contributed by atoms with van der Waals surface area (Å²) < 4.78 is 3.42. The van der Waals surface area contributed by atoms with Crippen molar-refractivity contribution in [1.82, 2.24) is 4.68 Å². The van der Waals surface area contributed by atoms with Crippen LogP contribution in [0.4, 0.5) is 0 Å². The second kappa shape index (κ2) is 3.91. The average Bonchev–Trinajstić information content (AvgIpc) is 2.82. The number of hydrogen-bond donors (Lipinski definition) is 0. The highest BCUT2D eigenvalue weighted by Crippen LogP contribution is 2.28. The van der Waals surface area contributed by atoms with Gasteiger partial charge < -0.3 is 5.01 Å². The van der Waals surface area contributed by atoms with E-state index >= 15 is 0 Å². The van der Waals surface area contributed by atoms with E-state index in [1.807, 2.05) is 11.3 Å². The lowest BCUT2D eigenvalue weighted by molar-refractivity contribution is 0.585. The van der Waals surface area contributed by atoms with Crippen molar-refractivity contribution in [2.45, 2.75) is 38.5 Å². The number of hydrogen-bond acceptors (Lipinski definition) is 3. The topological polar surface area (TPSA) is 8.17 Å². The Kier molecular flexibility index (Phi) is 2.56. The highest BCUT2D eigenvalue weighted by Gasteiger charge is 2.21. The number of thiazole rings is 1. The first kappa shape index (κ1) is 9.85. The largest absolute Gasteiger partial charge is 0.311 e. The summed E-state index contributed by atoms with van der Waals surface area (Å²) in [5.74, 6) is 0. The van der Waals surface area contributed by atoms with E-state index in [0.717, 1.165) is 3.95 Å². The van der Waals surface area contributed by atoms with Crippen LogP contribution in [0.2, 0.25) is 0 Å². The van der Waals surface area contributed by atoms with E-state index < -0.39 is 0 Å². The van der Waals surface area contributed by atoms with Gasteiger partial charge >= 0.3 is 0 Å². The standard InChI is InChI=1S/C11H16N2S2/c14-11-13(12-7-3-4-8-12)9-5-1-2-6-10(9)15-11/h1-8H2. The predicted octanol–water partition coefficient (Wildman–Crippen LogP) is 2.89. The van der Waals surface area contributed by atoms with Crippen LogP contribution < -0.4 is 5.01 Å². The Bertz CT molecular complexity index is 413. The van der Waals surface area contributed by atoms with Gasteiger partial charge in [-0.2, -0.15) is 0 Å². The molecule has 2 nitrogen and oxygen atoms in total. The van der Waals surface area contributed by atoms with Crippen molar-refractivity contribution >= 4 is 23.6 Å². The molecule has 0 bridgehead atoms. The molecule has 4 heteroatoms. The summed E-state index contributed by atoms with van der Waals surface area (Å²) in [6.45, 7) is 2.38. The van der Waals surface area contributed by atoms with Crippen LogP contribution in [0.5, 0.6) is 0 Å². The predicted molar refractivity (Wildman–Crippen MR) is 67.0 cm³/mol. The van der Waals surface area contributed by atoms with Crippen LogP contribution in [0.3, 0.4) is 0 Å². The molecule has 0 spiro atoms. The highest BCUT2D eigenvalue weighted by atomic mass is 32.1. The molecule has 1 aliphatic carbocycles. The van der Waals surface area contributed by atoms with Gasteiger partial charge in [0.05, 0.1) is 5.69 Å². The molecule has 0 radical (unpaired) electrons. The van der Waals surface area contributed by atoms with Crippen LogP contribution in [0.15, 0.2) is 0 Å². The number of rotatable bonds is 1. The normalized spacial score (nSPS) is 20.7. The van der Waals surface area contributed by atoms with Gasteiger partial charge in [0.15, 0.2) is 3.95 Å². The molecule has 0 saturated carbocycles. The maximum atomic E-state index is 5.50. The van der Waals surface area contributed by atoms with E-state index in [1.54, 1.807) is 4.88 Å². The van der Waals surface area contributed by atoms with Crippen molar-refractivity contribution in [2.24, 2.45) is 0 Å². The van der Waals surface area contributed by atoms with Crippen LogP contribution in [0.25, 0.3) is 0 Å². The SMILES string of the molecule is S=c1sc2c(n1N1CCCC1)CCCC2. The fraction of sp³-hybridized carbons (Fsp3) is 0.727. The van der Waals surface area contributed by atoms with Crippen LogP contribution in [0.1, 0.15) is 36.3 Å². The molecule has 0 N–H and O–H groups in total. The number of nitrogens with zero attached hydrogens (tertiary/aromatic N) is 2. The van der Waals surface area contributed by atoms with Crippen molar-refractivity contribution < 1.29 is 0 Å². The van der Waals surface area contributed by atoms with E-state index in [2.05, 4.69) is 9.69 Å². The molecule has 0 atom stereocenters. The maximum absolute atomic E-state index is 5.50. The first-order valence-corrected chi connectivity index (χ1v) is 7.07. The van der Waals surface area contributed by atoms with Gasteiger partial charge in [-0.15, -0.1) is 11.3 Å². The zero-order valence-corrected chi connectivity index (χ0v) is 10.5. The fourth-order valence-corrected chi connectivity index (χ4v) is 4.24. The molecule has 1 aromatic heterocycles.